The van der Waals surface area contributed by atoms with Crippen molar-refractivity contribution >= 4 is 74.3 Å². The maximum Gasteiger partial charge on any atom is 0.252 e. The molecule has 0 radical (unpaired) electrons. The van der Waals surface area contributed by atoms with Crippen LogP contribution in [0.5, 0.6) is 0 Å². The molecule has 0 atom stereocenters. The molecule has 11 rings (SSSR count). The van der Waals surface area contributed by atoms with Crippen LogP contribution >= 0.6 is 0 Å². The fourth-order valence-corrected chi connectivity index (χ4v) is 10.7. The largest absolute Gasteiger partial charge is 0.311 e. The fourth-order valence-electron chi connectivity index (χ4n) is 10.7. The molecule has 2 aliphatic rings. The highest BCUT2D eigenvalue weighted by atomic mass is 15.2. The fraction of sp³-hybridized carbons (Fsp3) is 0.194. The predicted molar refractivity (Wildman–Crippen MR) is 307 cm³/mol. The van der Waals surface area contributed by atoms with Crippen LogP contribution in [0.1, 0.15) is 91.4 Å². The SMILES string of the molecule is [2H]c1c([2H])c([2H])c(-c2cc(C(C)(C)C)ccc2N2c3ccc(C(C)(C)C)cc3B3c4ccc(N(c5ccccc5)c5ccccc5)cc4N(c4ccc(C(C)(C)C)cc4-c4ccccc4)c4cc(C)cc2c43)c([2H])c1[2H]. The van der Waals surface area contributed by atoms with Gasteiger partial charge >= 0.3 is 0 Å². The highest BCUT2D eigenvalue weighted by Gasteiger charge is 2.45. The molecule has 0 bridgehead atoms. The Morgan fingerprint density at radius 1 is 0.394 bits per heavy atom. The Bertz CT molecular complexity index is 3680. The van der Waals surface area contributed by atoms with Gasteiger partial charge in [-0.15, -0.1) is 0 Å². The summed E-state index contributed by atoms with van der Waals surface area (Å²) in [6.45, 7) is 22.0. The van der Waals surface area contributed by atoms with E-state index in [0.29, 0.717) is 5.56 Å². The predicted octanol–water partition coefficient (Wildman–Crippen LogP) is 16.8. The number of benzene rings is 9. The molecule has 2 heterocycles. The minimum absolute atomic E-state index is 0.121. The van der Waals surface area contributed by atoms with Crippen molar-refractivity contribution in [1.82, 2.24) is 0 Å². The van der Waals surface area contributed by atoms with Gasteiger partial charge in [0.25, 0.3) is 6.71 Å². The third-order valence-electron chi connectivity index (χ3n) is 14.4. The van der Waals surface area contributed by atoms with Crippen molar-refractivity contribution < 1.29 is 6.85 Å². The van der Waals surface area contributed by atoms with E-state index in [4.69, 9.17) is 4.11 Å². The van der Waals surface area contributed by atoms with Crippen LogP contribution in [0.3, 0.4) is 0 Å². The minimum Gasteiger partial charge on any atom is -0.311 e. The zero-order valence-corrected chi connectivity index (χ0v) is 42.7. The first kappa shape index (κ1) is 40.2. The number of nitrogens with zero attached hydrogens (tertiary/aromatic N) is 3. The minimum atomic E-state index is -0.413. The molecule has 0 aliphatic carbocycles. The molecule has 0 N–H and O–H groups in total. The van der Waals surface area contributed by atoms with E-state index in [2.05, 4.69) is 260 Å². The van der Waals surface area contributed by atoms with Gasteiger partial charge in [0.15, 0.2) is 0 Å². The normalized spacial score (nSPS) is 14.1. The van der Waals surface area contributed by atoms with E-state index in [1.807, 2.05) is 0 Å². The second-order valence-corrected chi connectivity index (χ2v) is 22.4. The van der Waals surface area contributed by atoms with Gasteiger partial charge in [-0.05, 0) is 152 Å². The van der Waals surface area contributed by atoms with Gasteiger partial charge in [-0.25, -0.2) is 0 Å². The lowest BCUT2D eigenvalue weighted by Crippen LogP contribution is -2.61. The summed E-state index contributed by atoms with van der Waals surface area (Å²) in [5.74, 6) is 0. The molecule has 3 nitrogen and oxygen atoms in total. The van der Waals surface area contributed by atoms with E-state index in [1.54, 1.807) is 0 Å². The van der Waals surface area contributed by atoms with Gasteiger partial charge in [-0.3, -0.25) is 0 Å². The van der Waals surface area contributed by atoms with Crippen molar-refractivity contribution in [2.45, 2.75) is 85.5 Å². The zero-order chi connectivity index (χ0) is 53.7. The molecule has 0 spiro atoms. The van der Waals surface area contributed by atoms with E-state index in [-0.39, 0.29) is 52.7 Å². The van der Waals surface area contributed by atoms with E-state index in [1.165, 1.54) is 11.1 Å². The summed E-state index contributed by atoms with van der Waals surface area (Å²) in [4.78, 5) is 7.16. The molecule has 0 saturated carbocycles. The summed E-state index contributed by atoms with van der Waals surface area (Å²) in [5, 5.41) is 0. The second kappa shape index (κ2) is 17.4. The lowest BCUT2D eigenvalue weighted by atomic mass is 9.33. The summed E-state index contributed by atoms with van der Waals surface area (Å²) >= 11 is 0. The smallest absolute Gasteiger partial charge is 0.252 e. The van der Waals surface area contributed by atoms with Crippen LogP contribution in [-0.4, -0.2) is 6.71 Å². The Balaban J connectivity index is 1.28. The van der Waals surface area contributed by atoms with Crippen LogP contribution in [0, 0.1) is 6.92 Å². The molecular formula is C67H64BN3. The van der Waals surface area contributed by atoms with Crippen molar-refractivity contribution in [1.29, 1.82) is 0 Å². The standard InChI is InChI=1S/C67H64BN3/c1-45-39-62-64-63(40-45)71(59-37-32-49(66(5,6)7)42-55(59)47-25-17-12-18-26-47)61-44-53(69(51-27-19-13-20-28-51)52-29-21-14-22-30-52)34-35-56(61)68(64)57-43-50(67(8,9)10)33-38-60(57)70(62)58-36-31-48(65(2,3)4)41-54(58)46-23-15-11-16-24-46/h11-44H,1-10H3/i11D,15D,16D,23D,24D. The highest BCUT2D eigenvalue weighted by Crippen LogP contribution is 2.51. The number of rotatable bonds is 7. The summed E-state index contributed by atoms with van der Waals surface area (Å²) in [6, 6.07) is 62.1. The molecule has 2 aliphatic heterocycles. The van der Waals surface area contributed by atoms with Crippen molar-refractivity contribution in [3.8, 4) is 22.3 Å². The van der Waals surface area contributed by atoms with E-state index in [9.17, 15) is 2.74 Å². The summed E-state index contributed by atoms with van der Waals surface area (Å²) in [6.07, 6.45) is 0. The van der Waals surface area contributed by atoms with Crippen molar-refractivity contribution in [3.63, 3.8) is 0 Å². The molecule has 71 heavy (non-hydrogen) atoms. The molecular weight excluding hydrogens is 858 g/mol. The topological polar surface area (TPSA) is 9.72 Å². The van der Waals surface area contributed by atoms with E-state index in [0.717, 1.165) is 89.8 Å². The van der Waals surface area contributed by atoms with Crippen molar-refractivity contribution in [3.05, 3.63) is 228 Å². The molecule has 0 aromatic heterocycles. The summed E-state index contributed by atoms with van der Waals surface area (Å²) < 4.78 is 45.3. The number of anilines is 9. The van der Waals surface area contributed by atoms with Crippen molar-refractivity contribution in [2.24, 2.45) is 0 Å². The molecule has 0 saturated heterocycles. The molecule has 350 valence electrons. The third-order valence-corrected chi connectivity index (χ3v) is 14.4. The van der Waals surface area contributed by atoms with Gasteiger partial charge in [-0.1, -0.05) is 190 Å². The molecule has 9 aromatic rings. The lowest BCUT2D eigenvalue weighted by Gasteiger charge is -2.46. The van der Waals surface area contributed by atoms with Gasteiger partial charge in [0.2, 0.25) is 0 Å². The number of aryl methyl sites for hydroxylation is 1. The lowest BCUT2D eigenvalue weighted by molar-refractivity contribution is 0.590. The van der Waals surface area contributed by atoms with Crippen LogP contribution in [-0.2, 0) is 16.2 Å². The van der Waals surface area contributed by atoms with E-state index >= 15 is 0 Å². The maximum absolute atomic E-state index is 9.44. The first-order chi connectivity index (χ1) is 36.1. The Hall–Kier alpha value is -7.56. The highest BCUT2D eigenvalue weighted by molar-refractivity contribution is 7.00. The Morgan fingerprint density at radius 3 is 1.38 bits per heavy atom. The Labute approximate surface area is 430 Å². The molecule has 0 fully saturated rings. The summed E-state index contributed by atoms with van der Waals surface area (Å²) in [7, 11) is 0. The van der Waals surface area contributed by atoms with Crippen LogP contribution < -0.4 is 31.1 Å². The number of fused-ring (bicyclic) bond motifs is 4. The zero-order valence-electron chi connectivity index (χ0n) is 47.7. The summed E-state index contributed by atoms with van der Waals surface area (Å²) in [5.41, 5.74) is 19.2. The van der Waals surface area contributed by atoms with E-state index < -0.39 is 6.04 Å². The van der Waals surface area contributed by atoms with Crippen LogP contribution in [0.25, 0.3) is 22.3 Å². The molecule has 9 aromatic carbocycles. The average molecular weight is 927 g/mol. The van der Waals surface area contributed by atoms with Gasteiger partial charge in [0.1, 0.15) is 0 Å². The number of para-hydroxylation sites is 2. The van der Waals surface area contributed by atoms with Crippen molar-refractivity contribution in [2.75, 3.05) is 14.7 Å². The molecule has 4 heteroatoms. The van der Waals surface area contributed by atoms with Crippen LogP contribution in [0.2, 0.25) is 0 Å². The molecule has 0 unspecified atom stereocenters. The van der Waals surface area contributed by atoms with Gasteiger partial charge in [-0.2, -0.15) is 0 Å². The Morgan fingerprint density at radius 2 is 0.859 bits per heavy atom. The quantitative estimate of drug-likeness (QED) is 0.148. The second-order valence-electron chi connectivity index (χ2n) is 22.4. The van der Waals surface area contributed by atoms with Crippen LogP contribution in [0.4, 0.5) is 51.2 Å². The monoisotopic (exact) mass is 927 g/mol. The van der Waals surface area contributed by atoms with Crippen LogP contribution in [0.15, 0.2) is 206 Å². The van der Waals surface area contributed by atoms with Gasteiger partial charge in [0, 0.05) is 50.9 Å². The third kappa shape index (κ3) is 8.24. The first-order valence-corrected chi connectivity index (χ1v) is 25.0. The van der Waals surface area contributed by atoms with Gasteiger partial charge in [0.05, 0.1) is 18.2 Å². The number of hydrogen-bond acceptors (Lipinski definition) is 3. The first-order valence-electron chi connectivity index (χ1n) is 27.5. The number of hydrogen-bond donors (Lipinski definition) is 0. The molecule has 0 amide bonds. The Kier molecular flexibility index (Phi) is 9.85. The maximum atomic E-state index is 9.44. The average Bonchev–Trinajstić information content (AvgIpc) is 3.51. The van der Waals surface area contributed by atoms with Gasteiger partial charge < -0.3 is 14.7 Å².